The minimum atomic E-state index is -0.748. The Morgan fingerprint density at radius 2 is 0.603 bits per heavy atom. The molecule has 21 aromatic rings. The lowest BCUT2D eigenvalue weighted by Crippen LogP contribution is -2.64. The van der Waals surface area contributed by atoms with Crippen molar-refractivity contribution >= 4 is 119 Å². The van der Waals surface area contributed by atoms with Crippen LogP contribution in [0.5, 0.6) is 11.5 Å². The highest BCUT2D eigenvalue weighted by Gasteiger charge is 2.55. The summed E-state index contributed by atoms with van der Waals surface area (Å²) in [5.74, 6) is 1.31. The van der Waals surface area contributed by atoms with E-state index >= 15 is 0 Å². The van der Waals surface area contributed by atoms with Gasteiger partial charge in [0, 0.05) is 84.3 Å². The van der Waals surface area contributed by atoms with Crippen molar-refractivity contribution in [1.82, 2.24) is 4.57 Å². The molecule has 1 aromatic heterocycles. The van der Waals surface area contributed by atoms with Gasteiger partial charge >= 0.3 is 0 Å². The van der Waals surface area contributed by atoms with Gasteiger partial charge in [-0.3, -0.25) is 0 Å². The van der Waals surface area contributed by atoms with Crippen molar-refractivity contribution in [3.05, 3.63) is 482 Å². The third kappa shape index (κ3) is 11.8. The van der Waals surface area contributed by atoms with Gasteiger partial charge in [0.2, 0.25) is 0 Å². The molecule has 20 aromatic carbocycles. The Morgan fingerprint density at radius 1 is 0.257 bits per heavy atom. The second-order valence-corrected chi connectivity index (χ2v) is 39.0. The first-order chi connectivity index (χ1) is 70.1. The highest BCUT2D eigenvalue weighted by molar-refractivity contribution is 7.02. The average Bonchev–Trinajstić information content (AvgIpc) is 1.61. The number of hydrogen-bond donors (Lipinski definition) is 0. The van der Waals surface area contributed by atoms with Crippen molar-refractivity contribution < 1.29 is 15.7 Å². The fourth-order valence-corrected chi connectivity index (χ4v) is 23.7. The number of ether oxygens (including phenoxy) is 1. The summed E-state index contributed by atoms with van der Waals surface area (Å²) in [6, 6.07) is 143. The summed E-state index contributed by atoms with van der Waals surface area (Å²) >= 11 is 0. The molecule has 0 fully saturated rings. The summed E-state index contributed by atoms with van der Waals surface area (Å²) in [6.07, 6.45) is 0. The van der Waals surface area contributed by atoms with Gasteiger partial charge in [0.25, 0.3) is 13.4 Å². The molecular formula is C129H92B2N4O. The van der Waals surface area contributed by atoms with Gasteiger partial charge < -0.3 is 24.0 Å². The second-order valence-electron chi connectivity index (χ2n) is 39.0. The first kappa shape index (κ1) is 71.2. The van der Waals surface area contributed by atoms with E-state index in [4.69, 9.17) is 4.74 Å². The Morgan fingerprint density at radius 3 is 1.04 bits per heavy atom. The zero-order chi connectivity index (χ0) is 97.5. The number of rotatable bonds is 11. The molecule has 0 atom stereocenters. The first-order valence-corrected chi connectivity index (χ1v) is 47.2. The molecule has 0 amide bonds. The molecule has 640 valence electrons. The van der Waals surface area contributed by atoms with Crippen LogP contribution in [0, 0.1) is 0 Å². The normalized spacial score (nSPS) is 14.4. The van der Waals surface area contributed by atoms with E-state index in [0.29, 0.717) is 28.6 Å². The second kappa shape index (κ2) is 30.3. The SMILES string of the molecule is [2H]c1c([2H])c([2H])c2c(c1[2H])c1c([2H])c([2H])c([2H])c([2H])c1n2-c1cc2c3c(c1)N(c1c(-c4ccccc4)cc(C(C)(C)C)cc1-c1ccccc1)c1cc4c(cc1B3c1ccccc1N2c1c(-c2ccccc2)cc(C(C)(C)C)cc1-c1ccccc1)B1c2ccccc2N(c2c(-c3ccccc3)cccc2-c2ccccc2)c2cc(-c3cccc5c3C3(c6ccccc6-c6ccccc63)c3ccccc3-5)cc(c21)O4. The first-order valence-electron chi connectivity index (χ1n) is 51.2. The zero-order valence-electron chi connectivity index (χ0n) is 84.0. The molecule has 1 spiro atoms. The Balaban J connectivity index is 0.819. The Kier molecular flexibility index (Phi) is 15.9. The molecule has 4 aliphatic heterocycles. The fourth-order valence-electron chi connectivity index (χ4n) is 23.7. The quantitative estimate of drug-likeness (QED) is 0.120. The molecular weight excluding hydrogens is 1640 g/mol. The molecule has 6 aliphatic rings. The number of anilines is 9. The Hall–Kier alpha value is -16.5. The van der Waals surface area contributed by atoms with Crippen molar-refractivity contribution in [1.29, 1.82) is 0 Å². The van der Waals surface area contributed by atoms with Gasteiger partial charge in [0.15, 0.2) is 0 Å². The predicted octanol–water partition coefficient (Wildman–Crippen LogP) is 29.9. The highest BCUT2D eigenvalue weighted by atomic mass is 16.5. The molecule has 0 N–H and O–H groups in total. The molecule has 136 heavy (non-hydrogen) atoms. The van der Waals surface area contributed by atoms with Gasteiger partial charge in [-0.15, -0.1) is 0 Å². The Labute approximate surface area is 806 Å². The summed E-state index contributed by atoms with van der Waals surface area (Å²) in [7, 11) is 0. The topological polar surface area (TPSA) is 23.9 Å². The van der Waals surface area contributed by atoms with Crippen molar-refractivity contribution in [2.75, 3.05) is 14.7 Å². The van der Waals surface area contributed by atoms with Crippen molar-refractivity contribution in [3.63, 3.8) is 0 Å². The molecule has 7 heteroatoms. The third-order valence-electron chi connectivity index (χ3n) is 29.5. The van der Waals surface area contributed by atoms with Crippen molar-refractivity contribution in [3.8, 4) is 117 Å². The van der Waals surface area contributed by atoms with Gasteiger partial charge in [0.05, 0.1) is 50.2 Å². The number of nitrogens with zero attached hydrogens (tertiary/aromatic N) is 4. The van der Waals surface area contributed by atoms with Crippen LogP contribution in [-0.4, -0.2) is 18.0 Å². The van der Waals surface area contributed by atoms with E-state index in [1.165, 1.54) is 38.9 Å². The lowest BCUT2D eigenvalue weighted by Gasteiger charge is -2.47. The van der Waals surface area contributed by atoms with Crippen LogP contribution < -0.4 is 52.2 Å². The van der Waals surface area contributed by atoms with Gasteiger partial charge in [0.1, 0.15) is 11.5 Å². The number of para-hydroxylation sites is 5. The molecule has 0 radical (unpaired) electrons. The van der Waals surface area contributed by atoms with Crippen molar-refractivity contribution in [2.45, 2.75) is 57.8 Å². The van der Waals surface area contributed by atoms with Crippen LogP contribution in [0.1, 0.15) is 85.9 Å². The Bertz CT molecular complexity index is 8760. The maximum Gasteiger partial charge on any atom is 0.256 e. The van der Waals surface area contributed by atoms with Crippen LogP contribution in [-0.2, 0) is 16.2 Å². The zero-order valence-corrected chi connectivity index (χ0v) is 76.0. The molecule has 5 nitrogen and oxygen atoms in total. The van der Waals surface area contributed by atoms with Gasteiger partial charge in [-0.2, -0.15) is 0 Å². The molecule has 0 saturated carbocycles. The van der Waals surface area contributed by atoms with Crippen LogP contribution in [0.3, 0.4) is 0 Å². The summed E-state index contributed by atoms with van der Waals surface area (Å²) < 4.78 is 89.8. The van der Waals surface area contributed by atoms with Crippen LogP contribution in [0.25, 0.3) is 128 Å². The van der Waals surface area contributed by atoms with Crippen LogP contribution in [0.4, 0.5) is 51.2 Å². The monoisotopic (exact) mass is 1740 g/mol. The molecule has 0 bridgehead atoms. The number of fused-ring (bicyclic) bond motifs is 21. The van der Waals surface area contributed by atoms with Crippen LogP contribution >= 0.6 is 0 Å². The average molecular weight is 1740 g/mol. The minimum Gasteiger partial charge on any atom is -0.458 e. The van der Waals surface area contributed by atoms with E-state index < -0.39 is 72.6 Å². The van der Waals surface area contributed by atoms with Crippen LogP contribution in [0.2, 0.25) is 0 Å². The lowest BCUT2D eigenvalue weighted by atomic mass is 9.30. The molecule has 0 unspecified atom stereocenters. The van der Waals surface area contributed by atoms with E-state index in [0.717, 1.165) is 167 Å². The number of hydrogen-bond acceptors (Lipinski definition) is 4. The van der Waals surface area contributed by atoms with Gasteiger partial charge in [-0.05, 0) is 216 Å². The maximum absolute atomic E-state index is 10.4. The molecule has 5 heterocycles. The van der Waals surface area contributed by atoms with Gasteiger partial charge in [-0.1, -0.05) is 411 Å². The van der Waals surface area contributed by atoms with Gasteiger partial charge in [-0.25, -0.2) is 0 Å². The fraction of sp³-hybridized carbons (Fsp3) is 0.0698. The van der Waals surface area contributed by atoms with E-state index in [9.17, 15) is 11.0 Å². The summed E-state index contributed by atoms with van der Waals surface area (Å²) in [5.41, 5.74) is 38.2. The highest BCUT2D eigenvalue weighted by Crippen LogP contribution is 2.66. The summed E-state index contributed by atoms with van der Waals surface area (Å²) in [5, 5.41) is -0.0594. The molecule has 0 saturated heterocycles. The minimum absolute atomic E-state index is 0.00439. The van der Waals surface area contributed by atoms with Crippen molar-refractivity contribution in [2.24, 2.45) is 0 Å². The molecule has 27 rings (SSSR count). The number of aromatic nitrogens is 1. The standard InChI is InChI=1S/C129H92B2N4O/c1-127(2,3)88-73-100(83-45-17-9-18-46-83)125(101(74-88)84-47-19-10-20-48-84)134-113-69-37-33-65-107(113)130-109-79-110-119(80-115(109)135(118-78-90(77-117(134)122(118)130)132-111-67-35-28-56-97(111)98-57-29-36-68-112(98)132)126-102(85-49-21-11-22-50-85)75-89(128(4,5)6)76-103(126)86-51-23-12-24-52-86)136-120-72-87(91-58-39-61-99-96-55-27-32-64-106(96)129(121(91)99)104-62-30-25-53-94(104)95-54-26-31-63-105(95)129)71-116-123(120)131(110)108-66-34-38-70-114(108)133(116)124-92(81-41-13-7-14-42-81)59-40-60-93(124)82-43-15-8-16-44-82/h7-80H,1-6H3/i28D,29D,35D,36D,56D,57D,67D,68D. The smallest absolute Gasteiger partial charge is 0.256 e. The van der Waals surface area contributed by atoms with E-state index in [2.05, 4.69) is 457 Å². The van der Waals surface area contributed by atoms with Crippen LogP contribution in [0.15, 0.2) is 449 Å². The number of benzene rings is 20. The van der Waals surface area contributed by atoms with E-state index in [1.54, 1.807) is 4.57 Å². The maximum atomic E-state index is 10.4. The lowest BCUT2D eigenvalue weighted by molar-refractivity contribution is 0.488. The molecule has 2 aliphatic carbocycles. The third-order valence-corrected chi connectivity index (χ3v) is 29.5. The summed E-state index contributed by atoms with van der Waals surface area (Å²) in [6.45, 7) is 12.5. The predicted molar refractivity (Wildman–Crippen MR) is 572 cm³/mol. The largest absolute Gasteiger partial charge is 0.458 e. The summed E-state index contributed by atoms with van der Waals surface area (Å²) in [4.78, 5) is 7.49. The van der Waals surface area contributed by atoms with E-state index in [1.807, 2.05) is 0 Å². The van der Waals surface area contributed by atoms with E-state index in [-0.39, 0.29) is 27.2 Å².